The summed E-state index contributed by atoms with van der Waals surface area (Å²) >= 11 is 6.01. The number of halogens is 1. The molecule has 0 radical (unpaired) electrons. The molecule has 0 aliphatic heterocycles. The highest BCUT2D eigenvalue weighted by Crippen LogP contribution is 2.21. The summed E-state index contributed by atoms with van der Waals surface area (Å²) in [6.07, 6.45) is 3.52. The lowest BCUT2D eigenvalue weighted by Gasteiger charge is -2.10. The second-order valence-electron chi connectivity index (χ2n) is 4.94. The predicted molar refractivity (Wildman–Crippen MR) is 93.6 cm³/mol. The Hall–Kier alpha value is -2.66. The van der Waals surface area contributed by atoms with E-state index in [2.05, 4.69) is 25.6 Å². The van der Waals surface area contributed by atoms with Crippen molar-refractivity contribution >= 4 is 23.4 Å². The van der Waals surface area contributed by atoms with Gasteiger partial charge < -0.3 is 10.6 Å². The molecule has 0 saturated carbocycles. The summed E-state index contributed by atoms with van der Waals surface area (Å²) in [4.78, 5) is 13.0. The van der Waals surface area contributed by atoms with Gasteiger partial charge in [0.15, 0.2) is 0 Å². The molecule has 116 valence electrons. The van der Waals surface area contributed by atoms with Gasteiger partial charge >= 0.3 is 0 Å². The molecule has 0 saturated heterocycles. The molecular weight excluding hydrogens is 310 g/mol. The SMILES string of the molecule is CNc1nc(NCc2cccc(Cl)c2)cc(-c2cccnc2)n1. The van der Waals surface area contributed by atoms with Crippen molar-refractivity contribution in [2.75, 3.05) is 17.7 Å². The van der Waals surface area contributed by atoms with E-state index in [0.29, 0.717) is 12.5 Å². The lowest BCUT2D eigenvalue weighted by Crippen LogP contribution is -2.05. The summed E-state index contributed by atoms with van der Waals surface area (Å²) in [6.45, 7) is 0.632. The van der Waals surface area contributed by atoms with Crippen molar-refractivity contribution in [3.05, 3.63) is 65.4 Å². The molecule has 0 aliphatic carbocycles. The van der Waals surface area contributed by atoms with E-state index < -0.39 is 0 Å². The van der Waals surface area contributed by atoms with Crippen LogP contribution in [-0.4, -0.2) is 22.0 Å². The van der Waals surface area contributed by atoms with Gasteiger partial charge in [0.2, 0.25) is 5.95 Å². The van der Waals surface area contributed by atoms with Crippen molar-refractivity contribution in [3.63, 3.8) is 0 Å². The number of benzene rings is 1. The number of pyridine rings is 1. The molecule has 1 aromatic carbocycles. The van der Waals surface area contributed by atoms with Crippen molar-refractivity contribution in [3.8, 4) is 11.3 Å². The Morgan fingerprint density at radius 3 is 2.74 bits per heavy atom. The molecule has 0 unspecified atom stereocenters. The maximum atomic E-state index is 6.01. The molecule has 5 nitrogen and oxygen atoms in total. The predicted octanol–water partition coefficient (Wildman–Crippen LogP) is 3.85. The van der Waals surface area contributed by atoms with Gasteiger partial charge in [0.1, 0.15) is 5.82 Å². The molecule has 3 aromatic rings. The first-order valence-corrected chi connectivity index (χ1v) is 7.58. The zero-order chi connectivity index (χ0) is 16.1. The van der Waals surface area contributed by atoms with E-state index in [1.807, 2.05) is 42.5 Å². The van der Waals surface area contributed by atoms with Crippen LogP contribution in [0.3, 0.4) is 0 Å². The summed E-state index contributed by atoms with van der Waals surface area (Å²) in [5.74, 6) is 1.29. The molecule has 3 rings (SSSR count). The van der Waals surface area contributed by atoms with Gasteiger partial charge in [-0.2, -0.15) is 4.98 Å². The van der Waals surface area contributed by atoms with Crippen LogP contribution in [0.25, 0.3) is 11.3 Å². The Bertz CT molecular complexity index is 792. The summed E-state index contributed by atoms with van der Waals surface area (Å²) in [6, 6.07) is 13.5. The van der Waals surface area contributed by atoms with Gasteiger partial charge in [0.25, 0.3) is 0 Å². The third kappa shape index (κ3) is 3.96. The summed E-state index contributed by atoms with van der Waals surface area (Å²) in [7, 11) is 1.79. The molecule has 2 aromatic heterocycles. The first kappa shape index (κ1) is 15.2. The van der Waals surface area contributed by atoms with Gasteiger partial charge in [-0.1, -0.05) is 23.7 Å². The molecule has 0 amide bonds. The van der Waals surface area contributed by atoms with Crippen LogP contribution in [-0.2, 0) is 6.54 Å². The van der Waals surface area contributed by atoms with Gasteiger partial charge in [0.05, 0.1) is 5.69 Å². The summed E-state index contributed by atoms with van der Waals surface area (Å²) in [5, 5.41) is 7.01. The van der Waals surface area contributed by atoms with Crippen LogP contribution in [0.1, 0.15) is 5.56 Å². The third-order valence-electron chi connectivity index (χ3n) is 3.27. The molecule has 0 spiro atoms. The fourth-order valence-electron chi connectivity index (χ4n) is 2.15. The van der Waals surface area contributed by atoms with Gasteiger partial charge in [-0.3, -0.25) is 4.98 Å². The number of hydrogen-bond donors (Lipinski definition) is 2. The van der Waals surface area contributed by atoms with Crippen molar-refractivity contribution < 1.29 is 0 Å². The topological polar surface area (TPSA) is 62.7 Å². The molecule has 0 aliphatic rings. The Labute approximate surface area is 139 Å². The first-order chi connectivity index (χ1) is 11.2. The third-order valence-corrected chi connectivity index (χ3v) is 3.50. The maximum absolute atomic E-state index is 6.01. The molecule has 6 heteroatoms. The van der Waals surface area contributed by atoms with E-state index >= 15 is 0 Å². The van der Waals surface area contributed by atoms with Crippen LogP contribution < -0.4 is 10.6 Å². The quantitative estimate of drug-likeness (QED) is 0.746. The highest BCUT2D eigenvalue weighted by atomic mass is 35.5. The van der Waals surface area contributed by atoms with Crippen LogP contribution in [0, 0.1) is 0 Å². The number of hydrogen-bond acceptors (Lipinski definition) is 5. The number of aromatic nitrogens is 3. The van der Waals surface area contributed by atoms with E-state index in [1.54, 1.807) is 19.4 Å². The Morgan fingerprint density at radius 1 is 1.09 bits per heavy atom. The standard InChI is InChI=1S/C17H16ClN5/c1-19-17-22-15(13-5-3-7-20-11-13)9-16(23-17)21-10-12-4-2-6-14(18)8-12/h2-9,11H,10H2,1H3,(H2,19,21,22,23). The highest BCUT2D eigenvalue weighted by molar-refractivity contribution is 6.30. The van der Waals surface area contributed by atoms with Gasteiger partial charge in [0, 0.05) is 42.6 Å². The smallest absolute Gasteiger partial charge is 0.224 e. The van der Waals surface area contributed by atoms with Crippen molar-refractivity contribution in [1.82, 2.24) is 15.0 Å². The lowest BCUT2D eigenvalue weighted by atomic mass is 10.2. The fraction of sp³-hybridized carbons (Fsp3) is 0.118. The minimum Gasteiger partial charge on any atom is -0.366 e. The van der Waals surface area contributed by atoms with E-state index in [1.165, 1.54) is 0 Å². The second-order valence-corrected chi connectivity index (χ2v) is 5.37. The highest BCUT2D eigenvalue weighted by Gasteiger charge is 2.06. The zero-order valence-corrected chi connectivity index (χ0v) is 13.4. The average molecular weight is 326 g/mol. The monoisotopic (exact) mass is 325 g/mol. The van der Waals surface area contributed by atoms with Crippen molar-refractivity contribution in [2.45, 2.75) is 6.54 Å². The number of anilines is 2. The maximum Gasteiger partial charge on any atom is 0.224 e. The number of nitrogens with zero attached hydrogens (tertiary/aromatic N) is 3. The molecule has 0 fully saturated rings. The Kier molecular flexibility index (Phi) is 4.68. The average Bonchev–Trinajstić information content (AvgIpc) is 2.60. The molecule has 23 heavy (non-hydrogen) atoms. The number of nitrogens with one attached hydrogen (secondary N) is 2. The first-order valence-electron chi connectivity index (χ1n) is 7.20. The molecule has 2 heterocycles. The molecule has 2 N–H and O–H groups in total. The van der Waals surface area contributed by atoms with Crippen LogP contribution in [0.4, 0.5) is 11.8 Å². The minimum atomic E-state index is 0.556. The van der Waals surface area contributed by atoms with Crippen LogP contribution >= 0.6 is 11.6 Å². The number of rotatable bonds is 5. The minimum absolute atomic E-state index is 0.556. The molecule has 0 bridgehead atoms. The molecule has 0 atom stereocenters. The van der Waals surface area contributed by atoms with Gasteiger partial charge in [-0.05, 0) is 29.8 Å². The van der Waals surface area contributed by atoms with Gasteiger partial charge in [-0.15, -0.1) is 0 Å². The fourth-order valence-corrected chi connectivity index (χ4v) is 2.36. The summed E-state index contributed by atoms with van der Waals surface area (Å²) in [5.41, 5.74) is 2.84. The van der Waals surface area contributed by atoms with E-state index in [-0.39, 0.29) is 0 Å². The lowest BCUT2D eigenvalue weighted by molar-refractivity contribution is 1.08. The van der Waals surface area contributed by atoms with E-state index in [4.69, 9.17) is 11.6 Å². The largest absolute Gasteiger partial charge is 0.366 e. The zero-order valence-electron chi connectivity index (χ0n) is 12.6. The van der Waals surface area contributed by atoms with Crippen molar-refractivity contribution in [1.29, 1.82) is 0 Å². The molecular formula is C17H16ClN5. The van der Waals surface area contributed by atoms with Crippen LogP contribution in [0.15, 0.2) is 54.9 Å². The van der Waals surface area contributed by atoms with E-state index in [0.717, 1.165) is 27.7 Å². The van der Waals surface area contributed by atoms with Crippen molar-refractivity contribution in [2.24, 2.45) is 0 Å². The van der Waals surface area contributed by atoms with Crippen LogP contribution in [0.5, 0.6) is 0 Å². The van der Waals surface area contributed by atoms with Gasteiger partial charge in [-0.25, -0.2) is 4.98 Å². The van der Waals surface area contributed by atoms with E-state index in [9.17, 15) is 0 Å². The summed E-state index contributed by atoms with van der Waals surface area (Å²) < 4.78 is 0. The van der Waals surface area contributed by atoms with Crippen LogP contribution in [0.2, 0.25) is 5.02 Å². The Balaban J connectivity index is 1.84. The normalized spacial score (nSPS) is 10.3. The Morgan fingerprint density at radius 2 is 2.00 bits per heavy atom. The second kappa shape index (κ2) is 7.07.